The highest BCUT2D eigenvalue weighted by Gasteiger charge is 2.23. The van der Waals surface area contributed by atoms with E-state index in [4.69, 9.17) is 13.3 Å². The predicted molar refractivity (Wildman–Crippen MR) is 483 cm³/mol. The van der Waals surface area contributed by atoms with Crippen LogP contribution in [-0.2, 0) is 0 Å². The number of hydrogen-bond acceptors (Lipinski definition) is 6. The third-order valence-electron chi connectivity index (χ3n) is 23.8. The Morgan fingerprint density at radius 3 is 0.904 bits per heavy atom. The Bertz CT molecular complexity index is 8070. The third-order valence-corrected chi connectivity index (χ3v) is 25.1. The topological polar surface area (TPSA) is 45.9 Å². The van der Waals surface area contributed by atoms with Crippen molar-refractivity contribution >= 4 is 196 Å². The van der Waals surface area contributed by atoms with Gasteiger partial charge in [0, 0.05) is 86.6 Å². The Kier molecular flexibility index (Phi) is 14.3. The molecule has 4 heterocycles. The molecule has 6 heteroatoms. The Morgan fingerprint density at radius 2 is 0.439 bits per heavy atom. The molecule has 0 amide bonds. The van der Waals surface area contributed by atoms with Crippen LogP contribution in [0.1, 0.15) is 0 Å². The predicted octanol–water partition coefficient (Wildman–Crippen LogP) is 31.9. The molecule has 0 aliphatic rings. The fourth-order valence-corrected chi connectivity index (χ4v) is 19.6. The first kappa shape index (κ1) is 64.0. The minimum absolute atomic E-state index is 0.849. The van der Waals surface area contributed by atoms with Gasteiger partial charge in [0.2, 0.25) is 0 Å². The fourth-order valence-electron chi connectivity index (χ4n) is 18.3. The van der Waals surface area contributed by atoms with Crippen molar-refractivity contribution in [1.82, 2.24) is 0 Å². The molecule has 0 saturated carbocycles. The largest absolute Gasteiger partial charge is 0.456 e. The first-order valence-electron chi connectivity index (χ1n) is 38.9. The van der Waals surface area contributed by atoms with Crippen LogP contribution in [0.4, 0.5) is 34.1 Å². The molecule has 114 heavy (non-hydrogen) atoms. The van der Waals surface area contributed by atoms with E-state index in [-0.39, 0.29) is 0 Å². The van der Waals surface area contributed by atoms with Crippen molar-refractivity contribution in [2.75, 3.05) is 9.80 Å². The van der Waals surface area contributed by atoms with Gasteiger partial charge >= 0.3 is 0 Å². The summed E-state index contributed by atoms with van der Waals surface area (Å²) in [4.78, 5) is 4.80. The Morgan fingerprint density at radius 1 is 0.158 bits per heavy atom. The van der Waals surface area contributed by atoms with Gasteiger partial charge in [-0.05, 0) is 266 Å². The lowest BCUT2D eigenvalue weighted by Gasteiger charge is -2.27. The van der Waals surface area contributed by atoms with Crippen LogP contribution < -0.4 is 9.80 Å². The lowest BCUT2D eigenvalue weighted by Crippen LogP contribution is -2.10. The average Bonchev–Trinajstić information content (AvgIpc) is 1.09. The zero-order valence-corrected chi connectivity index (χ0v) is 62.3. The molecule has 5 nitrogen and oxygen atoms in total. The van der Waals surface area contributed by atoms with Crippen LogP contribution in [0, 0.1) is 0 Å². The lowest BCUT2D eigenvalue weighted by molar-refractivity contribution is 0.668. The molecule has 20 aromatic carbocycles. The van der Waals surface area contributed by atoms with E-state index in [2.05, 4.69) is 374 Å². The van der Waals surface area contributed by atoms with Gasteiger partial charge in [-0.2, -0.15) is 0 Å². The first-order valence-corrected chi connectivity index (χ1v) is 39.7. The first-order chi connectivity index (χ1) is 56.4. The van der Waals surface area contributed by atoms with Crippen molar-refractivity contribution in [3.05, 3.63) is 388 Å². The van der Waals surface area contributed by atoms with Crippen molar-refractivity contribution in [2.24, 2.45) is 0 Å². The normalized spacial score (nSPS) is 12.0. The summed E-state index contributed by atoms with van der Waals surface area (Å²) >= 11 is 1.87. The number of furan rings is 3. The zero-order valence-electron chi connectivity index (χ0n) is 61.5. The van der Waals surface area contributed by atoms with Crippen LogP contribution >= 0.6 is 11.3 Å². The van der Waals surface area contributed by atoms with E-state index in [1.165, 1.54) is 95.9 Å². The molecular formula is C108H64N2O3S. The molecule has 0 atom stereocenters. The molecule has 0 fully saturated rings. The summed E-state index contributed by atoms with van der Waals surface area (Å²) in [7, 11) is 0. The number of thiophene rings is 1. The average molecular weight is 1470 g/mol. The molecule has 24 aromatic rings. The van der Waals surface area contributed by atoms with Gasteiger partial charge in [-0.1, -0.05) is 243 Å². The highest BCUT2D eigenvalue weighted by atomic mass is 32.1. The summed E-state index contributed by atoms with van der Waals surface area (Å²) in [6, 6.07) is 142. The SMILES string of the molecule is c1ccc2c(c1)oc1ccc(-c3ccc(N(c4ccc(-c5ccc6oc7cc(-c8ccc9c%10ccccc%10c%10cc(N(c%11ccc(-c%12ccc%13oc%14ccccc%14c%13c%12)cc%11)c%11ccc(-c%12cccc%13c%12sc%12ccccc%12%13)cc%11)ccc%10c9c8)ccc7c6c5)cc4)c4ccc5c6ccccc6c6ccccc6c5c4)cc3)cc12. The Hall–Kier alpha value is -14.8. The van der Waals surface area contributed by atoms with Gasteiger partial charge in [0.15, 0.2) is 0 Å². The van der Waals surface area contributed by atoms with Crippen molar-refractivity contribution in [3.63, 3.8) is 0 Å². The Labute approximate surface area is 658 Å². The van der Waals surface area contributed by atoms with Gasteiger partial charge in [0.1, 0.15) is 33.5 Å². The molecule has 24 rings (SSSR count). The molecule has 0 aliphatic heterocycles. The summed E-state index contributed by atoms with van der Waals surface area (Å²) in [5.41, 5.74) is 23.1. The smallest absolute Gasteiger partial charge is 0.136 e. The van der Waals surface area contributed by atoms with Crippen LogP contribution in [0.2, 0.25) is 0 Å². The van der Waals surface area contributed by atoms with Crippen LogP contribution in [0.5, 0.6) is 0 Å². The van der Waals surface area contributed by atoms with Crippen LogP contribution in [0.3, 0.4) is 0 Å². The van der Waals surface area contributed by atoms with Crippen LogP contribution in [0.25, 0.3) is 206 Å². The molecule has 0 N–H and O–H groups in total. The second-order valence-electron chi connectivity index (χ2n) is 30.1. The van der Waals surface area contributed by atoms with Crippen molar-refractivity contribution in [3.8, 4) is 55.6 Å². The summed E-state index contributed by atoms with van der Waals surface area (Å²) in [6.07, 6.45) is 0. The molecule has 0 spiro atoms. The van der Waals surface area contributed by atoms with E-state index in [0.29, 0.717) is 0 Å². The molecule has 0 saturated heterocycles. The lowest BCUT2D eigenvalue weighted by atomic mass is 9.91. The third kappa shape index (κ3) is 10.2. The number of fused-ring (bicyclic) bond motifs is 24. The molecule has 4 aromatic heterocycles. The van der Waals surface area contributed by atoms with E-state index < -0.39 is 0 Å². The van der Waals surface area contributed by atoms with Crippen molar-refractivity contribution in [2.45, 2.75) is 0 Å². The maximum absolute atomic E-state index is 6.82. The minimum Gasteiger partial charge on any atom is -0.456 e. The fraction of sp³-hybridized carbons (Fsp3) is 0. The zero-order chi connectivity index (χ0) is 74.6. The number of anilines is 6. The summed E-state index contributed by atoms with van der Waals surface area (Å²) in [6.45, 7) is 0. The Balaban J connectivity index is 0.572. The van der Waals surface area contributed by atoms with Crippen molar-refractivity contribution < 1.29 is 13.3 Å². The maximum Gasteiger partial charge on any atom is 0.136 e. The highest BCUT2D eigenvalue weighted by Crippen LogP contribution is 2.48. The van der Waals surface area contributed by atoms with E-state index >= 15 is 0 Å². The molecular weight excluding hydrogens is 1410 g/mol. The van der Waals surface area contributed by atoms with E-state index in [1.807, 2.05) is 35.6 Å². The number of hydrogen-bond donors (Lipinski definition) is 0. The van der Waals surface area contributed by atoms with Crippen molar-refractivity contribution in [1.29, 1.82) is 0 Å². The number of nitrogens with zero attached hydrogens (tertiary/aromatic N) is 2. The van der Waals surface area contributed by atoms with Crippen LogP contribution in [0.15, 0.2) is 401 Å². The molecule has 0 aliphatic carbocycles. The van der Waals surface area contributed by atoms with Gasteiger partial charge in [0.05, 0.1) is 0 Å². The summed E-state index contributed by atoms with van der Waals surface area (Å²) in [5.74, 6) is 0. The molecule has 0 bridgehead atoms. The van der Waals surface area contributed by atoms with E-state index in [1.54, 1.807) is 0 Å². The number of benzene rings is 20. The summed E-state index contributed by atoms with van der Waals surface area (Å²) in [5, 5.41) is 23.9. The molecule has 0 unspecified atom stereocenters. The van der Waals surface area contributed by atoms with Gasteiger partial charge in [-0.3, -0.25) is 0 Å². The van der Waals surface area contributed by atoms with E-state index in [9.17, 15) is 0 Å². The monoisotopic (exact) mass is 1470 g/mol. The molecule has 0 radical (unpaired) electrons. The quantitative estimate of drug-likeness (QED) is 0.121. The molecule has 530 valence electrons. The standard InChI is InChI=1S/C108H64N2O3S/c1-2-16-83-81(14-1)82-15-3-5-18-85(82)96-63-78(49-53-88(83)96)109(74-41-28-65(29-42-74)69-38-55-103-98(59-69)90-20-7-10-25-101(90)111-103)75-43-32-67(33-44-75)71-40-57-105-100(61-71)92-52-37-73(62-106(92)113-105)72-36-51-87-84-17-4-6-19-86(84)97-64-79(50-54-89(97)95(87)58-72)110(76-45-30-66(31-46-76)70-39-56-104-99(60-70)91-21-8-11-26-102(91)112-104)77-47-34-68(35-48-77)80-23-13-24-94-93-22-9-12-27-107(93)114-108(80)94/h1-64H. The van der Waals surface area contributed by atoms with Gasteiger partial charge in [-0.15, -0.1) is 11.3 Å². The maximum atomic E-state index is 6.82. The summed E-state index contributed by atoms with van der Waals surface area (Å²) < 4.78 is 21.9. The number of rotatable bonds is 11. The number of para-hydroxylation sites is 2. The second-order valence-corrected chi connectivity index (χ2v) is 31.2. The minimum atomic E-state index is 0.849. The highest BCUT2D eigenvalue weighted by molar-refractivity contribution is 7.26. The van der Waals surface area contributed by atoms with Gasteiger partial charge in [-0.25, -0.2) is 0 Å². The van der Waals surface area contributed by atoms with Gasteiger partial charge < -0.3 is 23.1 Å². The second kappa shape index (κ2) is 25.4. The van der Waals surface area contributed by atoms with E-state index in [0.717, 1.165) is 144 Å². The van der Waals surface area contributed by atoms with Gasteiger partial charge in [0.25, 0.3) is 0 Å². The van der Waals surface area contributed by atoms with Crippen LogP contribution in [-0.4, -0.2) is 0 Å².